The fourth-order valence-corrected chi connectivity index (χ4v) is 5.19. The third-order valence-electron chi connectivity index (χ3n) is 5.30. The molecule has 166 valence electrons. The number of aryl methyl sites for hydroxylation is 2. The summed E-state index contributed by atoms with van der Waals surface area (Å²) in [6.07, 6.45) is 1.40. The van der Waals surface area contributed by atoms with Crippen molar-refractivity contribution < 1.29 is 22.3 Å². The van der Waals surface area contributed by atoms with Gasteiger partial charge in [0, 0.05) is 12.2 Å². The molecule has 0 aromatic heterocycles. The summed E-state index contributed by atoms with van der Waals surface area (Å²) >= 11 is 0. The van der Waals surface area contributed by atoms with Gasteiger partial charge >= 0.3 is 0 Å². The molecule has 1 amide bonds. The molecule has 1 N–H and O–H groups in total. The topological polar surface area (TPSA) is 75.7 Å². The average molecular weight is 455 g/mol. The van der Waals surface area contributed by atoms with Gasteiger partial charge in [-0.15, -0.1) is 0 Å². The lowest BCUT2D eigenvalue weighted by Gasteiger charge is -2.31. The average Bonchev–Trinajstić information content (AvgIpc) is 2.78. The second-order valence-electron chi connectivity index (χ2n) is 7.58. The van der Waals surface area contributed by atoms with Crippen molar-refractivity contribution in [2.75, 3.05) is 22.8 Å². The minimum atomic E-state index is -3.86. The van der Waals surface area contributed by atoms with E-state index >= 15 is 0 Å². The summed E-state index contributed by atoms with van der Waals surface area (Å²) in [5.41, 5.74) is 2.79. The molecule has 8 heteroatoms. The van der Waals surface area contributed by atoms with Gasteiger partial charge in [-0.3, -0.25) is 9.10 Å². The van der Waals surface area contributed by atoms with Crippen molar-refractivity contribution in [3.05, 3.63) is 83.7 Å². The molecule has 0 aliphatic carbocycles. The summed E-state index contributed by atoms with van der Waals surface area (Å²) in [5, 5.41) is 2.77. The number of para-hydroxylation sites is 1. The number of benzene rings is 3. The van der Waals surface area contributed by atoms with E-state index in [1.165, 1.54) is 16.4 Å². The minimum absolute atomic E-state index is 0.0211. The highest BCUT2D eigenvalue weighted by Gasteiger charge is 2.29. The van der Waals surface area contributed by atoms with Crippen LogP contribution in [0.1, 0.15) is 17.5 Å². The molecular formula is C24H23FN2O4S. The normalized spacial score (nSPS) is 13.4. The van der Waals surface area contributed by atoms with Crippen LogP contribution in [0.5, 0.6) is 5.75 Å². The molecule has 0 radical (unpaired) electrons. The van der Waals surface area contributed by atoms with Gasteiger partial charge in [-0.2, -0.15) is 0 Å². The van der Waals surface area contributed by atoms with E-state index in [4.69, 9.17) is 4.74 Å². The summed E-state index contributed by atoms with van der Waals surface area (Å²) in [6.45, 7) is 2.03. The van der Waals surface area contributed by atoms with Crippen molar-refractivity contribution in [3.63, 3.8) is 0 Å². The highest BCUT2D eigenvalue weighted by Crippen LogP contribution is 2.34. The van der Waals surface area contributed by atoms with Gasteiger partial charge in [0.05, 0.1) is 10.6 Å². The molecule has 3 aromatic carbocycles. The minimum Gasteiger partial charge on any atom is -0.483 e. The lowest BCUT2D eigenvalue weighted by molar-refractivity contribution is -0.118. The van der Waals surface area contributed by atoms with Crippen LogP contribution in [0, 0.1) is 12.7 Å². The Bertz CT molecular complexity index is 1240. The number of nitrogens with zero attached hydrogens (tertiary/aromatic N) is 1. The number of ether oxygens (including phenoxy) is 1. The number of amides is 1. The lowest BCUT2D eigenvalue weighted by atomic mass is 10.0. The number of carbonyl (C=O) groups excluding carboxylic acids is 1. The summed E-state index contributed by atoms with van der Waals surface area (Å²) in [6, 6.07) is 17.4. The van der Waals surface area contributed by atoms with Gasteiger partial charge in [-0.25, -0.2) is 12.8 Å². The van der Waals surface area contributed by atoms with E-state index in [2.05, 4.69) is 5.32 Å². The molecule has 0 saturated heterocycles. The maximum atomic E-state index is 13.3. The van der Waals surface area contributed by atoms with E-state index < -0.39 is 15.8 Å². The molecule has 0 spiro atoms. The number of fused-ring (bicyclic) bond motifs is 1. The molecule has 0 saturated carbocycles. The van der Waals surface area contributed by atoms with Gasteiger partial charge in [0.15, 0.2) is 6.61 Å². The molecule has 3 aromatic rings. The van der Waals surface area contributed by atoms with Crippen LogP contribution in [-0.2, 0) is 21.2 Å². The Labute approximate surface area is 186 Å². The van der Waals surface area contributed by atoms with E-state index in [1.807, 2.05) is 31.2 Å². The monoisotopic (exact) mass is 454 g/mol. The quantitative estimate of drug-likeness (QED) is 0.603. The van der Waals surface area contributed by atoms with Crippen LogP contribution in [0.3, 0.4) is 0 Å². The Balaban J connectivity index is 1.53. The number of anilines is 2. The first kappa shape index (κ1) is 21.8. The summed E-state index contributed by atoms with van der Waals surface area (Å²) in [5.74, 6) is -0.220. The van der Waals surface area contributed by atoms with Crippen LogP contribution < -0.4 is 14.4 Å². The van der Waals surface area contributed by atoms with E-state index in [0.717, 1.165) is 29.7 Å². The van der Waals surface area contributed by atoms with E-state index in [0.29, 0.717) is 30.1 Å². The second-order valence-corrected chi connectivity index (χ2v) is 9.44. The van der Waals surface area contributed by atoms with Crippen LogP contribution >= 0.6 is 0 Å². The van der Waals surface area contributed by atoms with Crippen molar-refractivity contribution >= 4 is 27.3 Å². The van der Waals surface area contributed by atoms with Crippen LogP contribution in [0.15, 0.2) is 71.6 Å². The largest absolute Gasteiger partial charge is 0.483 e. The van der Waals surface area contributed by atoms with Crippen molar-refractivity contribution in [1.82, 2.24) is 0 Å². The van der Waals surface area contributed by atoms with Crippen molar-refractivity contribution in [2.45, 2.75) is 24.7 Å². The number of rotatable bonds is 6. The third-order valence-corrected chi connectivity index (χ3v) is 7.13. The smallest absolute Gasteiger partial charge is 0.264 e. The Kier molecular flexibility index (Phi) is 6.14. The first-order chi connectivity index (χ1) is 15.3. The number of halogens is 1. The van der Waals surface area contributed by atoms with Crippen molar-refractivity contribution in [3.8, 4) is 5.75 Å². The number of carbonyl (C=O) groups is 1. The molecule has 1 aliphatic rings. The van der Waals surface area contributed by atoms with Crippen LogP contribution in [0.25, 0.3) is 0 Å². The zero-order chi connectivity index (χ0) is 22.7. The van der Waals surface area contributed by atoms with Crippen LogP contribution in [0.4, 0.5) is 15.8 Å². The molecule has 0 atom stereocenters. The number of hydrogen-bond acceptors (Lipinski definition) is 4. The Hall–Kier alpha value is -3.39. The van der Waals surface area contributed by atoms with Gasteiger partial charge in [-0.05, 0) is 73.4 Å². The Morgan fingerprint density at radius 3 is 2.59 bits per heavy atom. The van der Waals surface area contributed by atoms with Crippen LogP contribution in [0.2, 0.25) is 0 Å². The highest BCUT2D eigenvalue weighted by atomic mass is 32.2. The third kappa shape index (κ3) is 4.60. The maximum Gasteiger partial charge on any atom is 0.264 e. The van der Waals surface area contributed by atoms with E-state index in [-0.39, 0.29) is 17.4 Å². The molecule has 1 heterocycles. The SMILES string of the molecule is Cc1ccccc1OCC(=O)Nc1ccc2c(c1)N(S(=O)(=O)c1ccc(F)cc1)CCC2. The predicted octanol–water partition coefficient (Wildman–Crippen LogP) is 4.29. The number of sulfonamides is 1. The van der Waals surface area contributed by atoms with Crippen molar-refractivity contribution in [2.24, 2.45) is 0 Å². The van der Waals surface area contributed by atoms with Gasteiger partial charge in [0.1, 0.15) is 11.6 Å². The lowest BCUT2D eigenvalue weighted by Crippen LogP contribution is -2.35. The fourth-order valence-electron chi connectivity index (χ4n) is 3.66. The van der Waals surface area contributed by atoms with Gasteiger partial charge in [-0.1, -0.05) is 24.3 Å². The van der Waals surface area contributed by atoms with Crippen molar-refractivity contribution in [1.29, 1.82) is 0 Å². The standard InChI is InChI=1S/C24H23FN2O4S/c1-17-5-2-3-7-23(17)31-16-24(28)26-20-11-8-18-6-4-14-27(22(18)15-20)32(29,30)21-12-9-19(25)10-13-21/h2-3,5,7-13,15H,4,6,14,16H2,1H3,(H,26,28). The van der Waals surface area contributed by atoms with Gasteiger partial charge < -0.3 is 10.1 Å². The highest BCUT2D eigenvalue weighted by molar-refractivity contribution is 7.92. The zero-order valence-electron chi connectivity index (χ0n) is 17.5. The summed E-state index contributed by atoms with van der Waals surface area (Å²) in [7, 11) is -3.86. The molecule has 0 bridgehead atoms. The molecule has 4 rings (SSSR count). The molecule has 6 nitrogen and oxygen atoms in total. The molecular weight excluding hydrogens is 431 g/mol. The number of nitrogens with one attached hydrogen (secondary N) is 1. The van der Waals surface area contributed by atoms with E-state index in [9.17, 15) is 17.6 Å². The maximum absolute atomic E-state index is 13.3. The summed E-state index contributed by atoms with van der Waals surface area (Å²) < 4.78 is 46.5. The Morgan fingerprint density at radius 2 is 1.84 bits per heavy atom. The fraction of sp³-hybridized carbons (Fsp3) is 0.208. The molecule has 0 fully saturated rings. The van der Waals surface area contributed by atoms with Gasteiger partial charge in [0.25, 0.3) is 15.9 Å². The molecule has 0 unspecified atom stereocenters. The Morgan fingerprint density at radius 1 is 1.09 bits per heavy atom. The molecule has 1 aliphatic heterocycles. The second kappa shape index (κ2) is 9.00. The predicted molar refractivity (Wildman–Crippen MR) is 121 cm³/mol. The molecule has 32 heavy (non-hydrogen) atoms. The first-order valence-electron chi connectivity index (χ1n) is 10.2. The zero-order valence-corrected chi connectivity index (χ0v) is 18.4. The van der Waals surface area contributed by atoms with E-state index in [1.54, 1.807) is 18.2 Å². The first-order valence-corrected chi connectivity index (χ1v) is 11.7. The summed E-state index contributed by atoms with van der Waals surface area (Å²) in [4.78, 5) is 12.4. The van der Waals surface area contributed by atoms with Gasteiger partial charge in [0.2, 0.25) is 0 Å². The number of hydrogen-bond donors (Lipinski definition) is 1. The van der Waals surface area contributed by atoms with Crippen LogP contribution in [-0.4, -0.2) is 27.5 Å².